The molecular formula is C16H17F3N2O2. The number of amides is 1. The number of nitrogens with zero attached hydrogens (tertiary/aromatic N) is 2. The van der Waals surface area contributed by atoms with Crippen molar-refractivity contribution in [1.29, 1.82) is 5.26 Å². The minimum absolute atomic E-state index is 0.00490. The molecule has 124 valence electrons. The molecule has 2 rings (SSSR count). The predicted octanol–water partition coefficient (Wildman–Crippen LogP) is 3.25. The van der Waals surface area contributed by atoms with Crippen LogP contribution >= 0.6 is 0 Å². The summed E-state index contributed by atoms with van der Waals surface area (Å²) in [7, 11) is 0. The van der Waals surface area contributed by atoms with Crippen LogP contribution in [0.25, 0.3) is 0 Å². The van der Waals surface area contributed by atoms with Crippen molar-refractivity contribution < 1.29 is 22.7 Å². The number of carbonyl (C=O) groups is 1. The molecule has 0 N–H and O–H groups in total. The summed E-state index contributed by atoms with van der Waals surface area (Å²) in [5.74, 6) is -0.305. The Balaban J connectivity index is 2.15. The van der Waals surface area contributed by atoms with Gasteiger partial charge in [-0.1, -0.05) is 18.2 Å². The molecule has 1 aromatic rings. The highest BCUT2D eigenvalue weighted by atomic mass is 19.4. The first-order valence-electron chi connectivity index (χ1n) is 7.36. The lowest BCUT2D eigenvalue weighted by molar-refractivity contribution is -0.146. The number of rotatable bonds is 5. The van der Waals surface area contributed by atoms with Crippen molar-refractivity contribution in [2.75, 3.05) is 19.7 Å². The molecule has 0 aromatic heterocycles. The third kappa shape index (κ3) is 4.62. The molecule has 0 saturated heterocycles. The number of para-hydroxylation sites is 1. The number of hydrogen-bond donors (Lipinski definition) is 0. The maximum atomic E-state index is 12.7. The first-order valence-corrected chi connectivity index (χ1v) is 7.36. The zero-order valence-corrected chi connectivity index (χ0v) is 12.5. The summed E-state index contributed by atoms with van der Waals surface area (Å²) >= 11 is 0. The van der Waals surface area contributed by atoms with E-state index in [1.807, 2.05) is 6.07 Å². The molecular weight excluding hydrogens is 309 g/mol. The van der Waals surface area contributed by atoms with Gasteiger partial charge in [-0.2, -0.15) is 18.4 Å². The number of nitriles is 1. The van der Waals surface area contributed by atoms with Gasteiger partial charge in [-0.15, -0.1) is 0 Å². The molecule has 0 spiro atoms. The highest BCUT2D eigenvalue weighted by molar-refractivity contribution is 5.84. The number of alkyl halides is 3. The molecule has 0 radical (unpaired) electrons. The zero-order chi connectivity index (χ0) is 16.9. The van der Waals surface area contributed by atoms with Crippen molar-refractivity contribution in [3.05, 3.63) is 29.8 Å². The Morgan fingerprint density at radius 3 is 2.78 bits per heavy atom. The smallest absolute Gasteiger partial charge is 0.390 e. The van der Waals surface area contributed by atoms with Crippen molar-refractivity contribution in [2.45, 2.75) is 31.4 Å². The van der Waals surface area contributed by atoms with E-state index < -0.39 is 25.1 Å². The van der Waals surface area contributed by atoms with Crippen molar-refractivity contribution in [1.82, 2.24) is 4.90 Å². The summed E-state index contributed by atoms with van der Waals surface area (Å²) in [5, 5.41) is 8.66. The average molecular weight is 326 g/mol. The summed E-state index contributed by atoms with van der Waals surface area (Å²) in [6, 6.07) is 8.91. The Morgan fingerprint density at radius 1 is 1.35 bits per heavy atom. The normalized spacial score (nSPS) is 16.9. The maximum Gasteiger partial charge on any atom is 0.390 e. The second-order valence-corrected chi connectivity index (χ2v) is 5.33. The van der Waals surface area contributed by atoms with Gasteiger partial charge in [0, 0.05) is 18.7 Å². The van der Waals surface area contributed by atoms with Gasteiger partial charge in [0.05, 0.1) is 31.4 Å². The van der Waals surface area contributed by atoms with Gasteiger partial charge in [-0.05, 0) is 12.5 Å². The standard InChI is InChI=1S/C16H17F3N2O2/c17-16(18,19)7-10-21(9-3-8-20)15(22)13-6-11-23-14-5-2-1-4-12(13)14/h1-2,4-5,13H,3,6-7,9-11H2. The lowest BCUT2D eigenvalue weighted by Crippen LogP contribution is -2.39. The van der Waals surface area contributed by atoms with Gasteiger partial charge in [0.25, 0.3) is 0 Å². The third-order valence-electron chi connectivity index (χ3n) is 3.73. The van der Waals surface area contributed by atoms with Crippen LogP contribution in [0.4, 0.5) is 13.2 Å². The van der Waals surface area contributed by atoms with Crippen molar-refractivity contribution in [2.24, 2.45) is 0 Å². The van der Waals surface area contributed by atoms with Gasteiger partial charge in [-0.25, -0.2) is 0 Å². The number of halogens is 3. The van der Waals surface area contributed by atoms with Crippen molar-refractivity contribution in [3.63, 3.8) is 0 Å². The molecule has 23 heavy (non-hydrogen) atoms. The monoisotopic (exact) mass is 326 g/mol. The van der Waals surface area contributed by atoms with Crippen LogP contribution in [-0.4, -0.2) is 36.7 Å². The molecule has 0 aliphatic carbocycles. The van der Waals surface area contributed by atoms with Gasteiger partial charge < -0.3 is 9.64 Å². The van der Waals surface area contributed by atoms with E-state index in [1.54, 1.807) is 24.3 Å². The molecule has 1 aromatic carbocycles. The summed E-state index contributed by atoms with van der Waals surface area (Å²) in [5.41, 5.74) is 0.692. The van der Waals surface area contributed by atoms with E-state index in [9.17, 15) is 18.0 Å². The first-order chi connectivity index (χ1) is 10.9. The van der Waals surface area contributed by atoms with Crippen LogP contribution < -0.4 is 4.74 Å². The second kappa shape index (κ2) is 7.36. The van der Waals surface area contributed by atoms with Crippen LogP contribution in [0, 0.1) is 11.3 Å². The van der Waals surface area contributed by atoms with Crippen LogP contribution in [0.2, 0.25) is 0 Å². The van der Waals surface area contributed by atoms with Crippen LogP contribution in [-0.2, 0) is 4.79 Å². The van der Waals surface area contributed by atoms with Crippen LogP contribution in [0.15, 0.2) is 24.3 Å². The molecule has 0 saturated carbocycles. The molecule has 1 heterocycles. The molecule has 7 heteroatoms. The third-order valence-corrected chi connectivity index (χ3v) is 3.73. The van der Waals surface area contributed by atoms with E-state index in [2.05, 4.69) is 0 Å². The van der Waals surface area contributed by atoms with E-state index in [4.69, 9.17) is 10.00 Å². The first kappa shape index (κ1) is 17.1. The summed E-state index contributed by atoms with van der Waals surface area (Å²) in [6.07, 6.45) is -4.98. The lowest BCUT2D eigenvalue weighted by Gasteiger charge is -2.30. The minimum atomic E-state index is -4.33. The minimum Gasteiger partial charge on any atom is -0.493 e. The van der Waals surface area contributed by atoms with E-state index in [0.29, 0.717) is 24.3 Å². The Bertz CT molecular complexity index is 596. The Kier molecular flexibility index (Phi) is 5.48. The molecule has 0 fully saturated rings. The fraction of sp³-hybridized carbons (Fsp3) is 0.500. The quantitative estimate of drug-likeness (QED) is 0.834. The summed E-state index contributed by atoms with van der Waals surface area (Å²) in [6.45, 7) is -0.0761. The summed E-state index contributed by atoms with van der Waals surface area (Å²) in [4.78, 5) is 13.8. The molecule has 1 amide bonds. The summed E-state index contributed by atoms with van der Waals surface area (Å²) < 4.78 is 42.9. The highest BCUT2D eigenvalue weighted by Crippen LogP contribution is 2.35. The number of ether oxygens (including phenoxy) is 1. The SMILES string of the molecule is N#CCCN(CCC(F)(F)F)C(=O)C1CCOc2ccccc21. The van der Waals surface area contributed by atoms with Crippen LogP contribution in [0.5, 0.6) is 5.75 Å². The van der Waals surface area contributed by atoms with E-state index >= 15 is 0 Å². The Labute approximate surface area is 132 Å². The zero-order valence-electron chi connectivity index (χ0n) is 12.5. The average Bonchev–Trinajstić information content (AvgIpc) is 2.53. The molecule has 1 unspecified atom stereocenters. The van der Waals surface area contributed by atoms with Crippen LogP contribution in [0.3, 0.4) is 0 Å². The van der Waals surface area contributed by atoms with Crippen molar-refractivity contribution >= 4 is 5.91 Å². The van der Waals surface area contributed by atoms with Gasteiger partial charge in [-0.3, -0.25) is 4.79 Å². The van der Waals surface area contributed by atoms with Gasteiger partial charge in [0.1, 0.15) is 5.75 Å². The number of fused-ring (bicyclic) bond motifs is 1. The number of hydrogen-bond acceptors (Lipinski definition) is 3. The highest BCUT2D eigenvalue weighted by Gasteiger charge is 2.33. The fourth-order valence-corrected chi connectivity index (χ4v) is 2.60. The molecule has 4 nitrogen and oxygen atoms in total. The Hall–Kier alpha value is -2.23. The predicted molar refractivity (Wildman–Crippen MR) is 76.8 cm³/mol. The van der Waals surface area contributed by atoms with Crippen molar-refractivity contribution in [3.8, 4) is 11.8 Å². The second-order valence-electron chi connectivity index (χ2n) is 5.33. The molecule has 1 aliphatic rings. The molecule has 1 atom stereocenters. The largest absolute Gasteiger partial charge is 0.493 e. The molecule has 0 bridgehead atoms. The van der Waals surface area contributed by atoms with Crippen LogP contribution in [0.1, 0.15) is 30.7 Å². The topological polar surface area (TPSA) is 53.3 Å². The molecule has 1 aliphatic heterocycles. The number of benzene rings is 1. The van der Waals surface area contributed by atoms with Gasteiger partial charge in [0.15, 0.2) is 0 Å². The van der Waals surface area contributed by atoms with Gasteiger partial charge >= 0.3 is 6.18 Å². The van der Waals surface area contributed by atoms with Gasteiger partial charge in [0.2, 0.25) is 5.91 Å². The number of carbonyl (C=O) groups excluding carboxylic acids is 1. The van der Waals surface area contributed by atoms with E-state index in [1.165, 1.54) is 0 Å². The van der Waals surface area contributed by atoms with E-state index in [-0.39, 0.29) is 18.9 Å². The Morgan fingerprint density at radius 2 is 2.09 bits per heavy atom. The van der Waals surface area contributed by atoms with E-state index in [0.717, 1.165) is 4.90 Å². The lowest BCUT2D eigenvalue weighted by atomic mass is 9.91. The fourth-order valence-electron chi connectivity index (χ4n) is 2.60. The maximum absolute atomic E-state index is 12.7.